The molecule has 0 amide bonds. The number of hydrogen-bond acceptors (Lipinski definition) is 22. The molecule has 26 atom stereocenters. The summed E-state index contributed by atoms with van der Waals surface area (Å²) in [5.74, 6) is -2.12. The number of rotatable bonds is 11. The predicted molar refractivity (Wildman–Crippen MR) is 239 cm³/mol. The minimum absolute atomic E-state index is 0.128. The van der Waals surface area contributed by atoms with Gasteiger partial charge in [0.25, 0.3) is 0 Å². The Morgan fingerprint density at radius 2 is 1.17 bits per heavy atom. The van der Waals surface area contributed by atoms with E-state index >= 15 is 0 Å². The van der Waals surface area contributed by atoms with Gasteiger partial charge in [-0.3, -0.25) is 9.59 Å². The van der Waals surface area contributed by atoms with E-state index in [0.717, 1.165) is 5.57 Å². The molecule has 0 radical (unpaired) electrons. The van der Waals surface area contributed by atoms with Gasteiger partial charge in [0.15, 0.2) is 12.6 Å². The van der Waals surface area contributed by atoms with Crippen molar-refractivity contribution in [2.24, 2.45) is 50.2 Å². The molecule has 0 aromatic rings. The van der Waals surface area contributed by atoms with Crippen LogP contribution in [0, 0.1) is 50.2 Å². The van der Waals surface area contributed by atoms with E-state index in [9.17, 15) is 76.0 Å². The van der Waals surface area contributed by atoms with Gasteiger partial charge in [-0.15, -0.1) is 0 Å². The number of fused-ring (bicyclic) bond motifs is 7. The fourth-order valence-electron chi connectivity index (χ4n) is 15.4. The van der Waals surface area contributed by atoms with Gasteiger partial charge in [-0.2, -0.15) is 0 Å². The lowest BCUT2D eigenvalue weighted by Gasteiger charge is -2.71. The maximum atomic E-state index is 14.8. The van der Waals surface area contributed by atoms with Crippen LogP contribution in [0.5, 0.6) is 0 Å². The van der Waals surface area contributed by atoms with E-state index in [-0.39, 0.29) is 37.5 Å². The SMILES string of the molecule is COC(=O)[C@@]1(C)CC[C@]2(C(=O)O[C@@H]3O[C@H](CO)[C@@H](O)[C@H](O)[C@H]3O)CC[C@]3(C)C(=CC[C@@H]4[C@@]5(C)C[C@H](O)[C@H](O[C@@H]6O[C@H](CO)[C@@H](O)[C@H](O)[C@H]6O[C@@H]6O[C@H](CO)[C@@H](O)[C@H](O)[C@H]6O)[C@@](C)(CO)[C@@H]5CC[C@]43C)[C@@H]2C1. The number of esters is 2. The third-order valence-corrected chi connectivity index (χ3v) is 19.9. The molecule has 22 nitrogen and oxygen atoms in total. The molecule has 3 saturated heterocycles. The quantitative estimate of drug-likeness (QED) is 0.0566. The fraction of sp³-hybridized carbons (Fsp3) is 0.918. The molecule has 0 unspecified atom stereocenters. The van der Waals surface area contributed by atoms with Crippen LogP contribution in [-0.2, 0) is 42.7 Å². The molecular weight excluding hydrogens is 941 g/mol. The molecule has 22 heteroatoms. The van der Waals surface area contributed by atoms with Crippen LogP contribution in [0.1, 0.15) is 92.4 Å². The van der Waals surface area contributed by atoms with Crippen molar-refractivity contribution < 1.29 is 109 Å². The summed E-state index contributed by atoms with van der Waals surface area (Å²) in [5.41, 5.74) is -4.19. The molecule has 5 aliphatic carbocycles. The number of aliphatic hydroxyl groups excluding tert-OH is 13. The number of aliphatic hydroxyl groups is 13. The molecule has 3 heterocycles. The highest BCUT2D eigenvalue weighted by molar-refractivity contribution is 5.81. The van der Waals surface area contributed by atoms with Gasteiger partial charge in [0.05, 0.1) is 56.6 Å². The van der Waals surface area contributed by atoms with Gasteiger partial charge < -0.3 is 99.5 Å². The molecule has 3 aliphatic heterocycles. The van der Waals surface area contributed by atoms with Crippen LogP contribution in [-0.4, -0.2) is 216 Å². The normalized spacial score (nSPS) is 54.0. The molecule has 0 bridgehead atoms. The van der Waals surface area contributed by atoms with E-state index in [0.29, 0.717) is 32.1 Å². The van der Waals surface area contributed by atoms with Gasteiger partial charge >= 0.3 is 11.9 Å². The maximum absolute atomic E-state index is 14.8. The highest BCUT2D eigenvalue weighted by atomic mass is 16.8. The van der Waals surface area contributed by atoms with Crippen LogP contribution < -0.4 is 0 Å². The molecule has 8 aliphatic rings. The molecule has 4 saturated carbocycles. The molecule has 0 spiro atoms. The summed E-state index contributed by atoms with van der Waals surface area (Å²) in [6.07, 6.45) is -22.3. The lowest BCUT2D eigenvalue weighted by Crippen LogP contribution is -2.70. The standard InChI is InChI=1S/C49H78O22/c1-44(42(63)65-6)11-13-49(43(64)71-40-36(62)33(59)30(56)25(18-51)67-40)14-12-47(4)21(22(49)15-44)7-8-28-45(2)16-23(54)38(46(3,20-53)27(45)9-10-48(28,47)5)70-41-37(34(60)31(57)26(19-52)68-41)69-39-35(61)32(58)29(55)24(17-50)66-39/h7,22-41,50-62H,8-20H2,1-6H3/t22-,23-,24+,25+,26+,27+,28+,29+,30+,31+,32-,33-,34-,35+,36+,37+,38-,39-,40-,41-,44-,45-,46-,47+,48+,49-/m0/s1. The van der Waals surface area contributed by atoms with E-state index in [1.165, 1.54) is 7.11 Å². The average molecular weight is 1020 g/mol. The van der Waals surface area contributed by atoms with Crippen molar-refractivity contribution in [1.82, 2.24) is 0 Å². The molecule has 8 rings (SSSR count). The summed E-state index contributed by atoms with van der Waals surface area (Å²) in [5, 5.41) is 140. The Balaban J connectivity index is 1.10. The van der Waals surface area contributed by atoms with Gasteiger partial charge in [-0.1, -0.05) is 39.3 Å². The molecule has 7 fully saturated rings. The van der Waals surface area contributed by atoms with Crippen LogP contribution >= 0.6 is 0 Å². The monoisotopic (exact) mass is 1020 g/mol. The van der Waals surface area contributed by atoms with Crippen molar-refractivity contribution in [3.63, 3.8) is 0 Å². The number of carbonyl (C=O) groups excluding carboxylic acids is 2. The summed E-state index contributed by atoms with van der Waals surface area (Å²) < 4.78 is 40.9. The number of carbonyl (C=O) groups is 2. The predicted octanol–water partition coefficient (Wildman–Crippen LogP) is -2.76. The molecule has 13 N–H and O–H groups in total. The second kappa shape index (κ2) is 19.8. The van der Waals surface area contributed by atoms with Crippen molar-refractivity contribution in [1.29, 1.82) is 0 Å². The first-order chi connectivity index (χ1) is 33.3. The first-order valence-electron chi connectivity index (χ1n) is 25.1. The molecule has 71 heavy (non-hydrogen) atoms. The summed E-state index contributed by atoms with van der Waals surface area (Å²) in [6, 6.07) is 0. The second-order valence-electron chi connectivity index (χ2n) is 23.4. The molecule has 0 aromatic heterocycles. The first-order valence-corrected chi connectivity index (χ1v) is 25.1. The molecule has 0 aromatic carbocycles. The van der Waals surface area contributed by atoms with E-state index in [2.05, 4.69) is 26.8 Å². The zero-order chi connectivity index (χ0) is 52.1. The van der Waals surface area contributed by atoms with Gasteiger partial charge in [0, 0.05) is 5.41 Å². The van der Waals surface area contributed by atoms with Crippen LogP contribution in [0.25, 0.3) is 0 Å². The summed E-state index contributed by atoms with van der Waals surface area (Å²) in [6.45, 7) is 7.42. The number of methoxy groups -OCH3 is 1. The topological polar surface area (TPSA) is 362 Å². The van der Waals surface area contributed by atoms with Crippen LogP contribution in [0.4, 0.5) is 0 Å². The highest BCUT2D eigenvalue weighted by Gasteiger charge is 2.72. The van der Waals surface area contributed by atoms with Crippen molar-refractivity contribution >= 4 is 11.9 Å². The van der Waals surface area contributed by atoms with Crippen LogP contribution in [0.3, 0.4) is 0 Å². The Kier molecular flexibility index (Phi) is 15.4. The van der Waals surface area contributed by atoms with E-state index in [4.69, 9.17) is 33.2 Å². The molecular formula is C49H78O22. The largest absolute Gasteiger partial charge is 0.469 e. The maximum Gasteiger partial charge on any atom is 0.315 e. The zero-order valence-corrected chi connectivity index (χ0v) is 41.3. The van der Waals surface area contributed by atoms with Crippen molar-refractivity contribution in [3.05, 3.63) is 11.6 Å². The van der Waals surface area contributed by atoms with E-state index in [1.54, 1.807) is 6.92 Å². The number of allylic oxidation sites excluding steroid dienone is 2. The van der Waals surface area contributed by atoms with Gasteiger partial charge in [-0.25, -0.2) is 0 Å². The minimum atomic E-state index is -1.90. The van der Waals surface area contributed by atoms with E-state index in [1.807, 2.05) is 6.92 Å². The van der Waals surface area contributed by atoms with Crippen LogP contribution in [0.2, 0.25) is 0 Å². The van der Waals surface area contributed by atoms with Crippen LogP contribution in [0.15, 0.2) is 11.6 Å². The second-order valence-corrected chi connectivity index (χ2v) is 23.4. The third-order valence-electron chi connectivity index (χ3n) is 19.9. The Bertz CT molecular complexity index is 1970. The van der Waals surface area contributed by atoms with E-state index < -0.39 is 181 Å². The fourth-order valence-corrected chi connectivity index (χ4v) is 15.4. The Hall–Kier alpha value is -2.04. The van der Waals surface area contributed by atoms with Gasteiger partial charge in [-0.05, 0) is 98.7 Å². The Morgan fingerprint density at radius 1 is 0.620 bits per heavy atom. The first kappa shape index (κ1) is 55.2. The lowest BCUT2D eigenvalue weighted by molar-refractivity contribution is -0.384. The highest BCUT2D eigenvalue weighted by Crippen LogP contribution is 2.76. The van der Waals surface area contributed by atoms with Gasteiger partial charge in [0.2, 0.25) is 6.29 Å². The Labute approximate surface area is 412 Å². The van der Waals surface area contributed by atoms with Crippen molar-refractivity contribution in [2.45, 2.75) is 197 Å². The van der Waals surface area contributed by atoms with Gasteiger partial charge in [0.1, 0.15) is 73.2 Å². The molecule has 406 valence electrons. The lowest BCUT2D eigenvalue weighted by atomic mass is 9.33. The van der Waals surface area contributed by atoms with Crippen molar-refractivity contribution in [2.75, 3.05) is 33.5 Å². The smallest absolute Gasteiger partial charge is 0.315 e. The number of ether oxygens (including phenoxy) is 7. The van der Waals surface area contributed by atoms with Crippen molar-refractivity contribution in [3.8, 4) is 0 Å². The summed E-state index contributed by atoms with van der Waals surface area (Å²) in [7, 11) is 1.32. The average Bonchev–Trinajstić information content (AvgIpc) is 3.34. The Morgan fingerprint density at radius 3 is 1.75 bits per heavy atom. The minimum Gasteiger partial charge on any atom is -0.469 e. The zero-order valence-electron chi connectivity index (χ0n) is 41.3. The third kappa shape index (κ3) is 8.46. The summed E-state index contributed by atoms with van der Waals surface area (Å²) >= 11 is 0. The summed E-state index contributed by atoms with van der Waals surface area (Å²) in [4.78, 5) is 28.4. The number of hydrogen-bond donors (Lipinski definition) is 13.